The second kappa shape index (κ2) is 8.62. The standard InChI is InChI=1S/C17H15F8N3O4S/c1-31-16(17(23,24)25)3-2-7-9(5-16)26-6-11(7)33(29,30)28-14-8(18)4-10(32-15(21)22)12(27-14)13(19)20/h4,6,13,15,26H,2-3,5H2,1H3,(H,27,28)/t16-/m1/s1/i1D3. The first kappa shape index (κ1) is 20.9. The molecule has 33 heavy (non-hydrogen) atoms. The van der Waals surface area contributed by atoms with Gasteiger partial charge in [0.25, 0.3) is 16.4 Å². The van der Waals surface area contributed by atoms with Gasteiger partial charge in [-0.3, -0.25) is 4.72 Å². The van der Waals surface area contributed by atoms with Gasteiger partial charge in [0.15, 0.2) is 28.7 Å². The van der Waals surface area contributed by atoms with Gasteiger partial charge < -0.3 is 14.5 Å². The summed E-state index contributed by atoms with van der Waals surface area (Å²) >= 11 is 0. The molecule has 16 heteroatoms. The quantitative estimate of drug-likeness (QED) is 0.539. The number of hydrogen-bond donors (Lipinski definition) is 2. The van der Waals surface area contributed by atoms with E-state index in [4.69, 9.17) is 4.11 Å². The van der Waals surface area contributed by atoms with Gasteiger partial charge in [-0.1, -0.05) is 0 Å². The number of aromatic nitrogens is 2. The molecule has 7 nitrogen and oxygen atoms in total. The van der Waals surface area contributed by atoms with Gasteiger partial charge in [0.2, 0.25) is 0 Å². The molecule has 2 aromatic rings. The largest absolute Gasteiger partial charge is 0.433 e. The Balaban J connectivity index is 1.96. The van der Waals surface area contributed by atoms with Crippen molar-refractivity contribution in [2.24, 2.45) is 0 Å². The molecule has 0 fully saturated rings. The zero-order valence-corrected chi connectivity index (χ0v) is 16.8. The average Bonchev–Trinajstić information content (AvgIpc) is 3.11. The number of pyridine rings is 1. The van der Waals surface area contributed by atoms with Crippen LogP contribution in [0, 0.1) is 5.82 Å². The van der Waals surface area contributed by atoms with E-state index in [1.807, 2.05) is 0 Å². The van der Waals surface area contributed by atoms with Crippen molar-refractivity contribution in [2.45, 2.75) is 49.0 Å². The lowest BCUT2D eigenvalue weighted by Gasteiger charge is -2.37. The number of aromatic amines is 1. The van der Waals surface area contributed by atoms with Gasteiger partial charge in [0, 0.05) is 31.4 Å². The number of alkyl halides is 7. The summed E-state index contributed by atoms with van der Waals surface area (Å²) in [6.07, 6.45) is -10.7. The van der Waals surface area contributed by atoms with E-state index in [1.165, 1.54) is 0 Å². The fraction of sp³-hybridized carbons (Fsp3) is 0.471. The van der Waals surface area contributed by atoms with Crippen LogP contribution in [0.5, 0.6) is 5.75 Å². The third-order valence-electron chi connectivity index (χ3n) is 4.90. The Kier molecular flexibility index (Phi) is 5.48. The molecule has 1 aliphatic carbocycles. The SMILES string of the molecule is [2H]C([2H])([2H])O[C@]1(C(F)(F)F)CCc2c(S(=O)(=O)Nc3nc(C(F)F)c(OC(F)F)cc3F)c[nH]c2C1. The molecule has 0 unspecified atom stereocenters. The summed E-state index contributed by atoms with van der Waals surface area (Å²) in [4.78, 5) is 4.60. The third kappa shape index (κ3) is 4.71. The molecule has 0 saturated heterocycles. The number of ether oxygens (including phenoxy) is 2. The summed E-state index contributed by atoms with van der Waals surface area (Å²) in [6.45, 7) is -3.62. The molecule has 3 rings (SSSR count). The lowest BCUT2D eigenvalue weighted by Crippen LogP contribution is -2.51. The smallest absolute Gasteiger partial charge is 0.417 e. The van der Waals surface area contributed by atoms with E-state index >= 15 is 0 Å². The number of methoxy groups -OCH3 is 1. The van der Waals surface area contributed by atoms with Gasteiger partial charge in [-0.05, 0) is 18.4 Å². The summed E-state index contributed by atoms with van der Waals surface area (Å²) in [5.74, 6) is -4.31. The van der Waals surface area contributed by atoms with E-state index in [0.717, 1.165) is 6.20 Å². The normalized spacial score (nSPS) is 20.8. The van der Waals surface area contributed by atoms with Crippen LogP contribution < -0.4 is 9.46 Å². The van der Waals surface area contributed by atoms with Gasteiger partial charge >= 0.3 is 12.8 Å². The molecular formula is C17H15F8N3O4S. The summed E-state index contributed by atoms with van der Waals surface area (Å²) in [7, 11) is -8.30. The van der Waals surface area contributed by atoms with E-state index in [2.05, 4.69) is 19.4 Å². The van der Waals surface area contributed by atoms with Crippen LogP contribution in [-0.2, 0) is 27.6 Å². The molecule has 0 spiro atoms. The van der Waals surface area contributed by atoms with Crippen molar-refractivity contribution in [2.75, 3.05) is 11.8 Å². The fourth-order valence-electron chi connectivity index (χ4n) is 3.32. The maximum atomic E-state index is 14.3. The number of rotatable bonds is 7. The molecule has 0 radical (unpaired) electrons. The average molecular weight is 512 g/mol. The number of sulfonamides is 1. The van der Waals surface area contributed by atoms with Crippen molar-refractivity contribution in [3.05, 3.63) is 35.0 Å². The topological polar surface area (TPSA) is 93.3 Å². The van der Waals surface area contributed by atoms with Crippen molar-refractivity contribution in [3.8, 4) is 5.75 Å². The first-order chi connectivity index (χ1) is 16.4. The van der Waals surface area contributed by atoms with E-state index in [0.29, 0.717) is 0 Å². The van der Waals surface area contributed by atoms with Gasteiger partial charge in [-0.2, -0.15) is 22.0 Å². The zero-order chi connectivity index (χ0) is 27.3. The van der Waals surface area contributed by atoms with Crippen molar-refractivity contribution in [1.82, 2.24) is 9.97 Å². The van der Waals surface area contributed by atoms with Gasteiger partial charge in [0.1, 0.15) is 4.90 Å². The van der Waals surface area contributed by atoms with Gasteiger partial charge in [-0.15, -0.1) is 0 Å². The lowest BCUT2D eigenvalue weighted by atomic mass is 9.83. The molecule has 2 aromatic heterocycles. The molecule has 1 atom stereocenters. The van der Waals surface area contributed by atoms with Crippen LogP contribution >= 0.6 is 0 Å². The zero-order valence-electron chi connectivity index (χ0n) is 18.9. The molecule has 0 bridgehead atoms. The van der Waals surface area contributed by atoms with E-state index < -0.39 is 89.1 Å². The van der Waals surface area contributed by atoms with Crippen LogP contribution in [0.2, 0.25) is 0 Å². The molecule has 2 heterocycles. The number of nitrogens with zero attached hydrogens (tertiary/aromatic N) is 1. The van der Waals surface area contributed by atoms with Gasteiger partial charge in [-0.25, -0.2) is 26.6 Å². The Bertz CT molecular complexity index is 1240. The number of anilines is 1. The van der Waals surface area contributed by atoms with Crippen molar-refractivity contribution in [1.29, 1.82) is 0 Å². The van der Waals surface area contributed by atoms with Crippen molar-refractivity contribution in [3.63, 3.8) is 0 Å². The highest BCUT2D eigenvalue weighted by molar-refractivity contribution is 7.92. The molecule has 0 amide bonds. The van der Waals surface area contributed by atoms with E-state index in [1.54, 1.807) is 4.72 Å². The minimum Gasteiger partial charge on any atom is -0.433 e. The summed E-state index contributed by atoms with van der Waals surface area (Å²) in [6, 6.07) is 0.0644. The van der Waals surface area contributed by atoms with Crippen LogP contribution in [0.25, 0.3) is 0 Å². The molecule has 2 N–H and O–H groups in total. The Morgan fingerprint density at radius 3 is 2.58 bits per heavy atom. The first-order valence-electron chi connectivity index (χ1n) is 10.3. The minimum atomic E-state index is -5.15. The van der Waals surface area contributed by atoms with E-state index in [9.17, 15) is 43.5 Å². The summed E-state index contributed by atoms with van der Waals surface area (Å²) in [5, 5.41) is 0. The summed E-state index contributed by atoms with van der Waals surface area (Å²) in [5.41, 5.74) is -5.22. The van der Waals surface area contributed by atoms with Crippen LogP contribution in [0.1, 0.15) is 33.9 Å². The maximum Gasteiger partial charge on any atom is 0.417 e. The maximum absolute atomic E-state index is 14.3. The Hall–Kier alpha value is -2.62. The Morgan fingerprint density at radius 2 is 2.00 bits per heavy atom. The monoisotopic (exact) mass is 512 g/mol. The summed E-state index contributed by atoms with van der Waals surface area (Å²) < 4.78 is 163. The molecule has 1 aliphatic rings. The molecule has 0 aromatic carbocycles. The highest BCUT2D eigenvalue weighted by atomic mass is 32.2. The van der Waals surface area contributed by atoms with Crippen LogP contribution in [-0.4, -0.2) is 43.8 Å². The molecule has 0 aliphatic heterocycles. The minimum absolute atomic E-state index is 0.0644. The first-order valence-corrected chi connectivity index (χ1v) is 10.3. The Morgan fingerprint density at radius 1 is 1.30 bits per heavy atom. The van der Waals surface area contributed by atoms with Crippen LogP contribution in [0.3, 0.4) is 0 Å². The lowest BCUT2D eigenvalue weighted by molar-refractivity contribution is -0.273. The van der Waals surface area contributed by atoms with Crippen molar-refractivity contribution < 1.29 is 57.1 Å². The second-order valence-electron chi connectivity index (χ2n) is 6.87. The number of halogens is 8. The van der Waals surface area contributed by atoms with Gasteiger partial charge in [0.05, 0.1) is 4.11 Å². The predicted molar refractivity (Wildman–Crippen MR) is 95.2 cm³/mol. The number of hydrogen-bond acceptors (Lipinski definition) is 5. The molecule has 0 saturated carbocycles. The number of fused-ring (bicyclic) bond motifs is 1. The molecule has 184 valence electrons. The predicted octanol–water partition coefficient (Wildman–Crippen LogP) is 4.32. The number of nitrogens with one attached hydrogen (secondary N) is 2. The van der Waals surface area contributed by atoms with Crippen LogP contribution in [0.15, 0.2) is 17.2 Å². The highest BCUT2D eigenvalue weighted by Crippen LogP contribution is 2.44. The second-order valence-corrected chi connectivity index (χ2v) is 8.52. The van der Waals surface area contributed by atoms with Crippen LogP contribution in [0.4, 0.5) is 40.9 Å². The van der Waals surface area contributed by atoms with E-state index in [-0.39, 0.29) is 17.3 Å². The molecular weight excluding hydrogens is 494 g/mol. The fourth-order valence-corrected chi connectivity index (χ4v) is 4.59. The highest BCUT2D eigenvalue weighted by Gasteiger charge is 2.57. The Labute approximate surface area is 185 Å². The van der Waals surface area contributed by atoms with Crippen molar-refractivity contribution >= 4 is 15.8 Å². The number of H-pyrrole nitrogens is 1. The third-order valence-corrected chi connectivity index (χ3v) is 6.31.